The lowest BCUT2D eigenvalue weighted by Crippen LogP contribution is -2.67. The third-order valence-electron chi connectivity index (χ3n) is 19.4. The van der Waals surface area contributed by atoms with Crippen molar-refractivity contribution in [1.29, 1.82) is 0 Å². The molecule has 0 bridgehead atoms. The molecule has 360 valence electrons. The average Bonchev–Trinajstić information content (AvgIpc) is 3.64. The predicted molar refractivity (Wildman–Crippen MR) is 223 cm³/mol. The van der Waals surface area contributed by atoms with Crippen molar-refractivity contribution in [3.63, 3.8) is 0 Å². The van der Waals surface area contributed by atoms with Gasteiger partial charge in [-0.25, -0.2) is 0 Å². The van der Waals surface area contributed by atoms with Crippen LogP contribution >= 0.6 is 0 Å². The summed E-state index contributed by atoms with van der Waals surface area (Å²) in [4.78, 5) is 13.1. The number of carboxylic acid groups (broad SMARTS) is 1. The molecule has 9 N–H and O–H groups in total. The summed E-state index contributed by atoms with van der Waals surface area (Å²) < 4.78 is 36.7. The SMILES string of the molecule is C=C(C)C1CCC2(C(=O)O)CCC3(C)C(CCC4C5(C)CCC(OC6OCC(OC7OC(CO)C(O)C(O)C7O)C(O)C6OC6OC(C)C(O)C(O)C6O)C(C)(C)C5CCC43C)C12. The van der Waals surface area contributed by atoms with Gasteiger partial charge in [-0.05, 0) is 129 Å². The van der Waals surface area contributed by atoms with Gasteiger partial charge in [-0.2, -0.15) is 0 Å². The van der Waals surface area contributed by atoms with Gasteiger partial charge in [0.25, 0.3) is 0 Å². The van der Waals surface area contributed by atoms with Gasteiger partial charge in [0.05, 0.1) is 30.8 Å². The molecular weight excluding hydrogens is 821 g/mol. The Morgan fingerprint density at radius 1 is 0.683 bits per heavy atom. The smallest absolute Gasteiger partial charge is 0.309 e. The fourth-order valence-corrected chi connectivity index (χ4v) is 15.7. The van der Waals surface area contributed by atoms with Crippen LogP contribution in [0.3, 0.4) is 0 Å². The number of allylic oxidation sites excluding steroid dienone is 1. The minimum absolute atomic E-state index is 0.000575. The van der Waals surface area contributed by atoms with Crippen LogP contribution in [0.1, 0.15) is 113 Å². The van der Waals surface area contributed by atoms with E-state index in [9.17, 15) is 50.8 Å². The number of hydrogen-bond acceptors (Lipinski definition) is 15. The van der Waals surface area contributed by atoms with Gasteiger partial charge in [0.1, 0.15) is 61.0 Å². The summed E-state index contributed by atoms with van der Waals surface area (Å²) in [5.41, 5.74) is -0.0393. The Bertz CT molecular complexity index is 1700. The van der Waals surface area contributed by atoms with Gasteiger partial charge < -0.3 is 74.4 Å². The largest absolute Gasteiger partial charge is 0.481 e. The van der Waals surface area contributed by atoms with Crippen LogP contribution in [0, 0.1) is 56.7 Å². The topological polar surface area (TPSA) is 255 Å². The molecule has 3 heterocycles. The second-order valence-electron chi connectivity index (χ2n) is 22.5. The van der Waals surface area contributed by atoms with Crippen molar-refractivity contribution in [2.45, 2.75) is 205 Å². The van der Waals surface area contributed by atoms with Crippen molar-refractivity contribution in [3.05, 3.63) is 12.2 Å². The number of aliphatic hydroxyl groups excluding tert-OH is 8. The van der Waals surface area contributed by atoms with Gasteiger partial charge in [0.15, 0.2) is 18.9 Å². The number of aliphatic carboxylic acids is 1. The molecule has 0 amide bonds. The van der Waals surface area contributed by atoms with Crippen molar-refractivity contribution in [3.8, 4) is 0 Å². The second-order valence-corrected chi connectivity index (χ2v) is 22.5. The van der Waals surface area contributed by atoms with E-state index in [0.29, 0.717) is 24.7 Å². The molecule has 24 atom stereocenters. The van der Waals surface area contributed by atoms with Crippen LogP contribution in [0.4, 0.5) is 0 Å². The minimum Gasteiger partial charge on any atom is -0.481 e. The van der Waals surface area contributed by atoms with E-state index in [4.69, 9.17) is 28.4 Å². The average molecular weight is 897 g/mol. The maximum absolute atomic E-state index is 13.1. The zero-order valence-corrected chi connectivity index (χ0v) is 38.1. The standard InChI is InChI=1S/C47H76O16/c1-21(2)23-11-16-47(42(56)57)18-17-45(7)24(30(23)47)9-10-28-44(6)14-13-29(43(4,5)27(44)12-15-46(28,45)8)62-41-38(63-39-36(54)34(52)31(49)22(3)59-39)33(51)26(20-58-41)61-40-37(55)35(53)32(50)25(19-48)60-40/h22-41,48-55H,1,9-20H2,2-8H3,(H,56,57). The number of ether oxygens (including phenoxy) is 6. The Hall–Kier alpha value is -1.35. The lowest BCUT2D eigenvalue weighted by Gasteiger charge is -2.73. The van der Waals surface area contributed by atoms with Crippen LogP contribution < -0.4 is 0 Å². The zero-order chi connectivity index (χ0) is 45.9. The van der Waals surface area contributed by atoms with Gasteiger partial charge in [0, 0.05) is 0 Å². The highest BCUT2D eigenvalue weighted by Gasteiger charge is 2.72. The van der Waals surface area contributed by atoms with Crippen LogP contribution in [-0.2, 0) is 33.2 Å². The molecule has 5 saturated carbocycles. The lowest BCUT2D eigenvalue weighted by molar-refractivity contribution is -0.381. The van der Waals surface area contributed by atoms with Crippen LogP contribution in [0.2, 0.25) is 0 Å². The summed E-state index contributed by atoms with van der Waals surface area (Å²) >= 11 is 0. The quantitative estimate of drug-likeness (QED) is 0.119. The van der Waals surface area contributed by atoms with Crippen molar-refractivity contribution in [2.24, 2.45) is 56.7 Å². The fourth-order valence-electron chi connectivity index (χ4n) is 15.7. The molecule has 0 aromatic carbocycles. The molecule has 5 aliphatic carbocycles. The van der Waals surface area contributed by atoms with E-state index in [1.807, 2.05) is 0 Å². The first-order chi connectivity index (χ1) is 29.5. The van der Waals surface area contributed by atoms with Gasteiger partial charge >= 0.3 is 5.97 Å². The number of carboxylic acids is 1. The zero-order valence-electron chi connectivity index (χ0n) is 38.1. The molecule has 0 radical (unpaired) electrons. The Morgan fingerprint density at radius 2 is 1.35 bits per heavy atom. The van der Waals surface area contributed by atoms with Crippen LogP contribution in [0.5, 0.6) is 0 Å². The monoisotopic (exact) mass is 897 g/mol. The first-order valence-corrected chi connectivity index (χ1v) is 23.6. The highest BCUT2D eigenvalue weighted by Crippen LogP contribution is 2.77. The highest BCUT2D eigenvalue weighted by molar-refractivity contribution is 5.76. The summed E-state index contributed by atoms with van der Waals surface area (Å²) in [7, 11) is 0. The van der Waals surface area contributed by atoms with Crippen molar-refractivity contribution in [1.82, 2.24) is 0 Å². The van der Waals surface area contributed by atoms with Crippen molar-refractivity contribution < 1.29 is 79.2 Å². The molecule has 8 rings (SSSR count). The molecule has 8 fully saturated rings. The van der Waals surface area contributed by atoms with E-state index in [1.165, 1.54) is 6.92 Å². The first-order valence-electron chi connectivity index (χ1n) is 23.6. The van der Waals surface area contributed by atoms with Gasteiger partial charge in [0.2, 0.25) is 0 Å². The highest BCUT2D eigenvalue weighted by atomic mass is 16.8. The van der Waals surface area contributed by atoms with Crippen molar-refractivity contribution in [2.75, 3.05) is 13.2 Å². The summed E-state index contributed by atoms with van der Waals surface area (Å²) in [5.74, 6) is 0.642. The molecule has 16 nitrogen and oxygen atoms in total. The molecule has 3 aliphatic heterocycles. The molecule has 63 heavy (non-hydrogen) atoms. The Morgan fingerprint density at radius 3 is 2.00 bits per heavy atom. The van der Waals surface area contributed by atoms with E-state index in [2.05, 4.69) is 48.1 Å². The molecule has 0 spiro atoms. The molecule has 8 aliphatic rings. The third-order valence-corrected chi connectivity index (χ3v) is 19.4. The number of carbonyl (C=O) groups is 1. The molecular formula is C47H76O16. The van der Waals surface area contributed by atoms with E-state index in [0.717, 1.165) is 56.9 Å². The molecule has 24 unspecified atom stereocenters. The van der Waals surface area contributed by atoms with Crippen molar-refractivity contribution >= 4 is 5.97 Å². The van der Waals surface area contributed by atoms with Crippen LogP contribution in [-0.4, -0.2) is 157 Å². The normalized spacial score (nSPS) is 55.5. The van der Waals surface area contributed by atoms with E-state index >= 15 is 0 Å². The summed E-state index contributed by atoms with van der Waals surface area (Å²) in [6.45, 7) is 19.0. The molecule has 16 heteroatoms. The maximum atomic E-state index is 13.1. The fraction of sp³-hybridized carbons (Fsp3) is 0.936. The van der Waals surface area contributed by atoms with Crippen LogP contribution in [0.15, 0.2) is 12.2 Å². The van der Waals surface area contributed by atoms with Gasteiger partial charge in [-0.3, -0.25) is 4.79 Å². The number of hydrogen-bond donors (Lipinski definition) is 9. The molecule has 3 saturated heterocycles. The van der Waals surface area contributed by atoms with Crippen LogP contribution in [0.25, 0.3) is 0 Å². The van der Waals surface area contributed by atoms with E-state index < -0.39 is 109 Å². The lowest BCUT2D eigenvalue weighted by atomic mass is 9.32. The Balaban J connectivity index is 1.03. The van der Waals surface area contributed by atoms with E-state index in [-0.39, 0.29) is 46.7 Å². The maximum Gasteiger partial charge on any atom is 0.309 e. The van der Waals surface area contributed by atoms with Gasteiger partial charge in [-0.15, -0.1) is 0 Å². The minimum atomic E-state index is -1.75. The predicted octanol–water partition coefficient (Wildman–Crippen LogP) is 2.23. The van der Waals surface area contributed by atoms with E-state index in [1.54, 1.807) is 0 Å². The summed E-state index contributed by atoms with van der Waals surface area (Å²) in [5, 5.41) is 96.0. The summed E-state index contributed by atoms with van der Waals surface area (Å²) in [6.07, 6.45) is -12.2. The molecule has 0 aromatic heterocycles. The Labute approximate surface area is 371 Å². The third kappa shape index (κ3) is 7.33. The van der Waals surface area contributed by atoms with Gasteiger partial charge in [-0.1, -0.05) is 46.8 Å². The number of aliphatic hydroxyl groups is 8. The number of fused-ring (bicyclic) bond motifs is 7. The second kappa shape index (κ2) is 17.0. The summed E-state index contributed by atoms with van der Waals surface area (Å²) in [6, 6.07) is 0. The first kappa shape index (κ1) is 48.1. The number of rotatable bonds is 9. The molecule has 0 aromatic rings. The Kier molecular flexibility index (Phi) is 13.0.